The molecule has 0 aliphatic carbocycles. The van der Waals surface area contributed by atoms with Crippen LogP contribution < -0.4 is 11.1 Å². The van der Waals surface area contributed by atoms with Crippen molar-refractivity contribution in [2.75, 3.05) is 6.54 Å². The third kappa shape index (κ3) is 4.22. The maximum Gasteiger partial charge on any atom is 0.419 e. The lowest BCUT2D eigenvalue weighted by Gasteiger charge is -2.14. The van der Waals surface area contributed by atoms with Gasteiger partial charge in [-0.15, -0.1) is 0 Å². The minimum atomic E-state index is -0.379. The lowest BCUT2D eigenvalue weighted by Crippen LogP contribution is -2.30. The van der Waals surface area contributed by atoms with Gasteiger partial charge in [-0.3, -0.25) is 9.36 Å². The summed E-state index contributed by atoms with van der Waals surface area (Å²) in [6.07, 6.45) is 4.69. The van der Waals surface area contributed by atoms with Gasteiger partial charge in [-0.1, -0.05) is 19.1 Å². The smallest absolute Gasteiger partial charge is 0.408 e. The Balaban J connectivity index is 1.43. The molecule has 7 nitrogen and oxygen atoms in total. The lowest BCUT2D eigenvalue weighted by molar-refractivity contribution is -0.121. The average molecular weight is 356 g/mol. The van der Waals surface area contributed by atoms with Gasteiger partial charge in [-0.25, -0.2) is 9.78 Å². The molecule has 0 aliphatic heterocycles. The first kappa shape index (κ1) is 18.0. The van der Waals surface area contributed by atoms with Crippen molar-refractivity contribution >= 4 is 17.0 Å². The summed E-state index contributed by atoms with van der Waals surface area (Å²) in [6.45, 7) is 5.96. The molecular formula is C19H24N4O3. The van der Waals surface area contributed by atoms with Crippen molar-refractivity contribution in [3.05, 3.63) is 53.0 Å². The molecule has 2 heterocycles. The molecule has 3 aromatic rings. The average Bonchev–Trinajstić information content (AvgIpc) is 3.16. The molecule has 7 heteroatoms. The molecule has 0 fully saturated rings. The Morgan fingerprint density at radius 1 is 1.35 bits per heavy atom. The van der Waals surface area contributed by atoms with Gasteiger partial charge < -0.3 is 14.3 Å². The predicted molar refractivity (Wildman–Crippen MR) is 98.8 cm³/mol. The molecular weight excluding hydrogens is 332 g/mol. The van der Waals surface area contributed by atoms with Crippen molar-refractivity contribution < 1.29 is 9.21 Å². The molecule has 2 aromatic heterocycles. The van der Waals surface area contributed by atoms with Crippen LogP contribution in [0.4, 0.5) is 0 Å². The van der Waals surface area contributed by atoms with Crippen LogP contribution in [-0.2, 0) is 17.9 Å². The van der Waals surface area contributed by atoms with Crippen molar-refractivity contribution in [1.29, 1.82) is 0 Å². The second-order valence-corrected chi connectivity index (χ2v) is 6.63. The Kier molecular flexibility index (Phi) is 5.55. The van der Waals surface area contributed by atoms with Crippen LogP contribution >= 0.6 is 0 Å². The molecule has 0 spiro atoms. The van der Waals surface area contributed by atoms with Gasteiger partial charge in [0.05, 0.1) is 5.52 Å². The molecule has 1 amide bonds. The van der Waals surface area contributed by atoms with Gasteiger partial charge in [0, 0.05) is 38.4 Å². The first-order valence-electron chi connectivity index (χ1n) is 8.87. The number of aryl methyl sites for hydroxylation is 2. The molecule has 1 N–H and O–H groups in total. The van der Waals surface area contributed by atoms with Crippen LogP contribution in [0, 0.1) is 12.8 Å². The van der Waals surface area contributed by atoms with E-state index in [4.69, 9.17) is 4.42 Å². The molecule has 0 radical (unpaired) electrons. The fourth-order valence-corrected chi connectivity index (χ4v) is 3.00. The standard InChI is InChI=1S/C19H24N4O3/c1-14(13-22-11-9-20-15(22)2)12-21-18(24)8-5-10-23-16-6-3-4-7-17(16)26-19(23)25/h3-4,6-7,9,11,14H,5,8,10,12-13H2,1-2H3,(H,21,24)/t14-/m0/s1. The normalized spacial score (nSPS) is 12.4. The van der Waals surface area contributed by atoms with E-state index in [2.05, 4.69) is 21.8 Å². The monoisotopic (exact) mass is 356 g/mol. The molecule has 1 aromatic carbocycles. The first-order chi connectivity index (χ1) is 12.5. The van der Waals surface area contributed by atoms with Crippen LogP contribution in [-0.4, -0.2) is 26.6 Å². The van der Waals surface area contributed by atoms with E-state index in [1.54, 1.807) is 16.8 Å². The first-order valence-corrected chi connectivity index (χ1v) is 8.87. The topological polar surface area (TPSA) is 82.1 Å². The van der Waals surface area contributed by atoms with Crippen molar-refractivity contribution in [2.45, 2.75) is 39.8 Å². The van der Waals surface area contributed by atoms with E-state index >= 15 is 0 Å². The van der Waals surface area contributed by atoms with Gasteiger partial charge in [-0.05, 0) is 31.4 Å². The zero-order valence-corrected chi connectivity index (χ0v) is 15.1. The number of carbonyl (C=O) groups excluding carboxylic acids is 1. The van der Waals surface area contributed by atoms with Gasteiger partial charge in [0.2, 0.25) is 5.91 Å². The van der Waals surface area contributed by atoms with Crippen molar-refractivity contribution in [3.8, 4) is 0 Å². The maximum absolute atomic E-state index is 12.1. The third-order valence-electron chi connectivity index (χ3n) is 4.44. The summed E-state index contributed by atoms with van der Waals surface area (Å²) >= 11 is 0. The highest BCUT2D eigenvalue weighted by atomic mass is 16.4. The molecule has 0 unspecified atom stereocenters. The lowest BCUT2D eigenvalue weighted by atomic mass is 10.1. The van der Waals surface area contributed by atoms with E-state index in [-0.39, 0.29) is 11.7 Å². The zero-order chi connectivity index (χ0) is 18.5. The van der Waals surface area contributed by atoms with E-state index in [9.17, 15) is 9.59 Å². The number of nitrogens with zero attached hydrogens (tertiary/aromatic N) is 3. The number of rotatable bonds is 8. The largest absolute Gasteiger partial charge is 0.419 e. The quantitative estimate of drug-likeness (QED) is 0.672. The second-order valence-electron chi connectivity index (χ2n) is 6.63. The molecule has 26 heavy (non-hydrogen) atoms. The van der Waals surface area contributed by atoms with Gasteiger partial charge in [-0.2, -0.15) is 0 Å². The number of hydrogen-bond donors (Lipinski definition) is 1. The summed E-state index contributed by atoms with van der Waals surface area (Å²) in [7, 11) is 0. The summed E-state index contributed by atoms with van der Waals surface area (Å²) in [5, 5.41) is 2.96. The van der Waals surface area contributed by atoms with Crippen LogP contribution in [0.15, 0.2) is 45.9 Å². The van der Waals surface area contributed by atoms with Gasteiger partial charge in [0.25, 0.3) is 0 Å². The number of hydrogen-bond acceptors (Lipinski definition) is 4. The van der Waals surface area contributed by atoms with Crippen LogP contribution in [0.5, 0.6) is 0 Å². The zero-order valence-electron chi connectivity index (χ0n) is 15.1. The Morgan fingerprint density at radius 3 is 2.92 bits per heavy atom. The van der Waals surface area contributed by atoms with Crippen LogP contribution in [0.3, 0.4) is 0 Å². The fourth-order valence-electron chi connectivity index (χ4n) is 3.00. The number of para-hydroxylation sites is 2. The number of nitrogens with one attached hydrogen (secondary N) is 1. The van der Waals surface area contributed by atoms with Crippen molar-refractivity contribution in [1.82, 2.24) is 19.4 Å². The second kappa shape index (κ2) is 8.03. The predicted octanol–water partition coefficient (Wildman–Crippen LogP) is 2.33. The van der Waals surface area contributed by atoms with E-state index in [0.29, 0.717) is 37.4 Å². The fraction of sp³-hybridized carbons (Fsp3) is 0.421. The summed E-state index contributed by atoms with van der Waals surface area (Å²) in [4.78, 5) is 28.1. The Hall–Kier alpha value is -2.83. The van der Waals surface area contributed by atoms with Crippen LogP contribution in [0.1, 0.15) is 25.6 Å². The molecule has 0 saturated carbocycles. The number of amides is 1. The summed E-state index contributed by atoms with van der Waals surface area (Å²) in [5.74, 6) is 0.907. The summed E-state index contributed by atoms with van der Waals surface area (Å²) in [6, 6.07) is 7.31. The Bertz CT molecular complexity index is 938. The molecule has 0 bridgehead atoms. The number of aromatic nitrogens is 3. The highest BCUT2D eigenvalue weighted by Crippen LogP contribution is 2.12. The SMILES string of the molecule is Cc1nccn1C[C@@H](C)CNC(=O)CCCn1c(=O)oc2ccccc21. The number of fused-ring (bicyclic) bond motifs is 1. The summed E-state index contributed by atoms with van der Waals surface area (Å²) < 4.78 is 8.85. The minimum absolute atomic E-state index is 0.0000486. The maximum atomic E-state index is 12.1. The van der Waals surface area contributed by atoms with E-state index in [1.807, 2.05) is 31.3 Å². The molecule has 0 aliphatic rings. The highest BCUT2D eigenvalue weighted by molar-refractivity contribution is 5.76. The molecule has 0 saturated heterocycles. The molecule has 3 rings (SSSR count). The van der Waals surface area contributed by atoms with Gasteiger partial charge in [0.15, 0.2) is 5.58 Å². The van der Waals surface area contributed by atoms with E-state index in [0.717, 1.165) is 17.9 Å². The number of oxazole rings is 1. The van der Waals surface area contributed by atoms with E-state index in [1.165, 1.54) is 0 Å². The van der Waals surface area contributed by atoms with Crippen LogP contribution in [0.2, 0.25) is 0 Å². The number of carbonyl (C=O) groups is 1. The van der Waals surface area contributed by atoms with Gasteiger partial charge in [0.1, 0.15) is 5.82 Å². The van der Waals surface area contributed by atoms with Gasteiger partial charge >= 0.3 is 5.76 Å². The highest BCUT2D eigenvalue weighted by Gasteiger charge is 2.10. The Morgan fingerprint density at radius 2 is 2.15 bits per heavy atom. The summed E-state index contributed by atoms with van der Waals surface area (Å²) in [5.41, 5.74) is 1.34. The minimum Gasteiger partial charge on any atom is -0.408 e. The molecule has 138 valence electrons. The van der Waals surface area contributed by atoms with Crippen LogP contribution in [0.25, 0.3) is 11.1 Å². The van der Waals surface area contributed by atoms with Crippen molar-refractivity contribution in [2.24, 2.45) is 5.92 Å². The Labute approximate surface area is 151 Å². The molecule has 1 atom stereocenters. The number of benzene rings is 1. The number of imidazole rings is 1. The van der Waals surface area contributed by atoms with Crippen molar-refractivity contribution in [3.63, 3.8) is 0 Å². The van der Waals surface area contributed by atoms with E-state index < -0.39 is 0 Å². The third-order valence-corrected chi connectivity index (χ3v) is 4.44.